The summed E-state index contributed by atoms with van der Waals surface area (Å²) < 4.78 is 0. The average Bonchev–Trinajstić information content (AvgIpc) is 2.32. The second kappa shape index (κ2) is 6.73. The van der Waals surface area contributed by atoms with Crippen LogP contribution in [-0.4, -0.2) is 37.6 Å². The first kappa shape index (κ1) is 15.5. The van der Waals surface area contributed by atoms with E-state index in [4.69, 9.17) is 0 Å². The van der Waals surface area contributed by atoms with Crippen LogP contribution in [0.15, 0.2) is 24.3 Å². The highest BCUT2D eigenvalue weighted by Crippen LogP contribution is 2.37. The van der Waals surface area contributed by atoms with Crippen molar-refractivity contribution in [2.24, 2.45) is 5.92 Å². The largest absolute Gasteiger partial charge is 0.310 e. The van der Waals surface area contributed by atoms with Crippen LogP contribution < -0.4 is 5.32 Å². The maximum absolute atomic E-state index is 3.85. The number of nitrogens with one attached hydrogen (secondary N) is 1. The molecule has 0 bridgehead atoms. The fraction of sp³-hybridized carbons (Fsp3) is 0.667. The van der Waals surface area contributed by atoms with E-state index in [1.807, 2.05) is 0 Å². The van der Waals surface area contributed by atoms with Crippen molar-refractivity contribution in [2.45, 2.75) is 51.6 Å². The van der Waals surface area contributed by atoms with Crippen molar-refractivity contribution < 1.29 is 0 Å². The van der Waals surface area contributed by atoms with Crippen LogP contribution in [0.25, 0.3) is 0 Å². The summed E-state index contributed by atoms with van der Waals surface area (Å²) in [5.41, 5.74) is 2.87. The first-order valence-electron chi connectivity index (χ1n) is 7.93. The molecule has 20 heavy (non-hydrogen) atoms. The molecule has 1 aliphatic rings. The van der Waals surface area contributed by atoms with Gasteiger partial charge in [-0.15, -0.1) is 0 Å². The van der Waals surface area contributed by atoms with E-state index in [1.54, 1.807) is 0 Å². The molecule has 0 amide bonds. The Bertz CT molecular complexity index is 402. The van der Waals surface area contributed by atoms with E-state index in [-0.39, 0.29) is 0 Å². The molecule has 2 rings (SSSR count). The number of hydrogen-bond acceptors (Lipinski definition) is 2. The van der Waals surface area contributed by atoms with Crippen LogP contribution in [0, 0.1) is 12.8 Å². The van der Waals surface area contributed by atoms with Crippen LogP contribution in [0.4, 0.5) is 0 Å². The molecule has 1 unspecified atom stereocenters. The summed E-state index contributed by atoms with van der Waals surface area (Å²) in [6.45, 7) is 7.92. The Morgan fingerprint density at radius 3 is 2.25 bits per heavy atom. The van der Waals surface area contributed by atoms with Gasteiger partial charge in [-0.25, -0.2) is 0 Å². The van der Waals surface area contributed by atoms with Gasteiger partial charge in [0, 0.05) is 18.6 Å². The van der Waals surface area contributed by atoms with Crippen molar-refractivity contribution in [1.82, 2.24) is 10.2 Å². The highest BCUT2D eigenvalue weighted by molar-refractivity contribution is 5.26. The second-order valence-electron chi connectivity index (χ2n) is 7.06. The van der Waals surface area contributed by atoms with E-state index in [9.17, 15) is 0 Å². The number of aryl methyl sites for hydroxylation is 1. The fourth-order valence-corrected chi connectivity index (χ4v) is 3.02. The van der Waals surface area contributed by atoms with Crippen molar-refractivity contribution in [3.63, 3.8) is 0 Å². The third-order valence-corrected chi connectivity index (χ3v) is 4.50. The van der Waals surface area contributed by atoms with Gasteiger partial charge >= 0.3 is 0 Å². The van der Waals surface area contributed by atoms with Gasteiger partial charge in [-0.3, -0.25) is 0 Å². The Balaban J connectivity index is 1.82. The lowest BCUT2D eigenvalue weighted by Crippen LogP contribution is -2.51. The molecule has 1 N–H and O–H groups in total. The molecular formula is C18H30N2. The summed E-state index contributed by atoms with van der Waals surface area (Å²) in [6.07, 6.45) is 2.58. The van der Waals surface area contributed by atoms with E-state index in [0.717, 1.165) is 12.5 Å². The summed E-state index contributed by atoms with van der Waals surface area (Å²) >= 11 is 0. The van der Waals surface area contributed by atoms with Crippen LogP contribution in [0.1, 0.15) is 43.7 Å². The number of nitrogens with zero attached hydrogens (tertiary/aromatic N) is 1. The van der Waals surface area contributed by atoms with Crippen molar-refractivity contribution in [2.75, 3.05) is 20.6 Å². The third-order valence-electron chi connectivity index (χ3n) is 4.50. The van der Waals surface area contributed by atoms with E-state index >= 15 is 0 Å². The monoisotopic (exact) mass is 274 g/mol. The highest BCUT2D eigenvalue weighted by atomic mass is 15.1. The lowest BCUT2D eigenvalue weighted by molar-refractivity contribution is 0.210. The van der Waals surface area contributed by atoms with Crippen molar-refractivity contribution in [1.29, 1.82) is 0 Å². The van der Waals surface area contributed by atoms with Gasteiger partial charge in [0.25, 0.3) is 0 Å². The predicted molar refractivity (Wildman–Crippen MR) is 87.3 cm³/mol. The lowest BCUT2D eigenvalue weighted by atomic mass is 9.75. The molecule has 1 aliphatic carbocycles. The quantitative estimate of drug-likeness (QED) is 0.855. The lowest BCUT2D eigenvalue weighted by Gasteiger charge is -2.40. The van der Waals surface area contributed by atoms with Gasteiger partial charge in [-0.2, -0.15) is 0 Å². The molecule has 1 saturated carbocycles. The van der Waals surface area contributed by atoms with Gasteiger partial charge in [-0.05, 0) is 51.3 Å². The topological polar surface area (TPSA) is 15.3 Å². The molecule has 0 aliphatic heterocycles. The van der Waals surface area contributed by atoms with Gasteiger partial charge < -0.3 is 10.2 Å². The zero-order chi connectivity index (χ0) is 14.7. The summed E-state index contributed by atoms with van der Waals surface area (Å²) in [7, 11) is 4.32. The second-order valence-corrected chi connectivity index (χ2v) is 7.06. The van der Waals surface area contributed by atoms with Gasteiger partial charge in [0.2, 0.25) is 0 Å². The van der Waals surface area contributed by atoms with Gasteiger partial charge in [-0.1, -0.05) is 43.7 Å². The molecule has 1 aromatic rings. The number of likely N-dealkylation sites (N-methyl/N-ethyl adjacent to an activating group) is 1. The number of benzene rings is 1. The molecule has 0 heterocycles. The Morgan fingerprint density at radius 2 is 1.75 bits per heavy atom. The van der Waals surface area contributed by atoms with Crippen molar-refractivity contribution >= 4 is 0 Å². The standard InChI is InChI=1S/C18H30N2/c1-13(2)18(12-20(4)5)19-17-10-16(11-17)15-8-6-14(3)7-9-15/h6-9,13,16-19H,10-12H2,1-5H3. The predicted octanol–water partition coefficient (Wildman–Crippen LogP) is 3.42. The maximum Gasteiger partial charge on any atom is 0.0220 e. The number of rotatable bonds is 6. The molecule has 1 aromatic carbocycles. The van der Waals surface area contributed by atoms with E-state index < -0.39 is 0 Å². The molecule has 0 aromatic heterocycles. The van der Waals surface area contributed by atoms with Gasteiger partial charge in [0.1, 0.15) is 0 Å². The number of hydrogen-bond donors (Lipinski definition) is 1. The average molecular weight is 274 g/mol. The van der Waals surface area contributed by atoms with Gasteiger partial charge in [0.15, 0.2) is 0 Å². The molecule has 0 radical (unpaired) electrons. The minimum absolute atomic E-state index is 0.606. The maximum atomic E-state index is 3.85. The zero-order valence-electron chi connectivity index (χ0n) is 13.7. The SMILES string of the molecule is Cc1ccc(C2CC(NC(CN(C)C)C(C)C)C2)cc1. The smallest absolute Gasteiger partial charge is 0.0220 e. The van der Waals surface area contributed by atoms with Crippen LogP contribution >= 0.6 is 0 Å². The molecule has 0 saturated heterocycles. The minimum Gasteiger partial charge on any atom is -0.310 e. The van der Waals surface area contributed by atoms with E-state index in [1.165, 1.54) is 24.0 Å². The molecule has 1 fully saturated rings. The Morgan fingerprint density at radius 1 is 1.15 bits per heavy atom. The fourth-order valence-electron chi connectivity index (χ4n) is 3.02. The van der Waals surface area contributed by atoms with Gasteiger partial charge in [0.05, 0.1) is 0 Å². The first-order chi connectivity index (χ1) is 9.45. The summed E-state index contributed by atoms with van der Waals surface area (Å²) in [5, 5.41) is 3.85. The summed E-state index contributed by atoms with van der Waals surface area (Å²) in [5.74, 6) is 1.45. The molecule has 1 atom stereocenters. The van der Waals surface area contributed by atoms with Crippen molar-refractivity contribution in [3.05, 3.63) is 35.4 Å². The molecule has 2 heteroatoms. The van der Waals surface area contributed by atoms with E-state index in [0.29, 0.717) is 18.0 Å². The van der Waals surface area contributed by atoms with Crippen LogP contribution in [0.5, 0.6) is 0 Å². The van der Waals surface area contributed by atoms with Crippen LogP contribution in [0.3, 0.4) is 0 Å². The molecule has 2 nitrogen and oxygen atoms in total. The highest BCUT2D eigenvalue weighted by Gasteiger charge is 2.32. The third kappa shape index (κ3) is 4.07. The molecule has 112 valence electrons. The zero-order valence-corrected chi connectivity index (χ0v) is 13.7. The summed E-state index contributed by atoms with van der Waals surface area (Å²) in [6, 6.07) is 10.4. The van der Waals surface area contributed by atoms with E-state index in [2.05, 4.69) is 69.3 Å². The Hall–Kier alpha value is -0.860. The normalized spacial score (nSPS) is 23.9. The van der Waals surface area contributed by atoms with Crippen LogP contribution in [0.2, 0.25) is 0 Å². The molecule has 0 spiro atoms. The van der Waals surface area contributed by atoms with Crippen LogP contribution in [-0.2, 0) is 0 Å². The Kier molecular flexibility index (Phi) is 5.22. The molecular weight excluding hydrogens is 244 g/mol. The first-order valence-corrected chi connectivity index (χ1v) is 7.93. The minimum atomic E-state index is 0.606. The Labute approximate surface area is 124 Å². The van der Waals surface area contributed by atoms with Crippen molar-refractivity contribution in [3.8, 4) is 0 Å². The summed E-state index contributed by atoms with van der Waals surface area (Å²) in [4.78, 5) is 2.29.